The number of β-lactam (4-membered cyclic amide) rings is 1. The number of thioether (sulfide) groups is 2. The third kappa shape index (κ3) is 6.18. The summed E-state index contributed by atoms with van der Waals surface area (Å²) in [6.45, 7) is 1.55. The standard InChI is InChI=1S/C20H24N10O7S3/c1-2-9(3-21)37-26-12(10-7-39-19(22)23-10)15(33)24-13-16(34)30-14(18(35)36)8(5-38-17(13)30)6-40-20-25-27-28-29(20)4-11(31)32/h7,9,13,17H,2-6,21H2,1H3,(H2,22,23)(H,24,33)(H,31,32)(H,35,36)/t9?,13?,17-/m0/s1. The molecule has 17 nitrogen and oxygen atoms in total. The fourth-order valence-electron chi connectivity index (χ4n) is 3.70. The first-order chi connectivity index (χ1) is 19.1. The van der Waals surface area contributed by atoms with Crippen LogP contribution in [-0.2, 0) is 30.6 Å². The predicted molar refractivity (Wildman–Crippen MR) is 143 cm³/mol. The number of nitrogens with zero attached hydrogens (tertiary/aromatic N) is 7. The predicted octanol–water partition coefficient (Wildman–Crippen LogP) is -1.21. The number of nitrogens with one attached hydrogen (secondary N) is 1. The number of aromatic nitrogens is 5. The Morgan fingerprint density at radius 1 is 1.38 bits per heavy atom. The summed E-state index contributed by atoms with van der Waals surface area (Å²) >= 11 is 3.41. The van der Waals surface area contributed by atoms with Gasteiger partial charge < -0.3 is 31.8 Å². The van der Waals surface area contributed by atoms with Crippen molar-refractivity contribution in [1.29, 1.82) is 0 Å². The molecular weight excluding hydrogens is 588 g/mol. The minimum Gasteiger partial charge on any atom is -0.480 e. The third-order valence-corrected chi connectivity index (χ3v) is 8.74. The second-order valence-electron chi connectivity index (χ2n) is 8.30. The molecule has 4 rings (SSSR count). The SMILES string of the molecule is CCC(CN)ON=C(C(=O)NC1C(=O)N2C(C(=O)O)=C(CSc3nnnn3CC(=O)O)CS[C@@H]12)c1csc(N)n1. The van der Waals surface area contributed by atoms with E-state index in [4.69, 9.17) is 21.4 Å². The zero-order chi connectivity index (χ0) is 29.0. The lowest BCUT2D eigenvalue weighted by Crippen LogP contribution is -2.71. The Morgan fingerprint density at radius 3 is 2.77 bits per heavy atom. The molecule has 2 aromatic heterocycles. The number of hydrogen-bond acceptors (Lipinski definition) is 15. The molecule has 2 unspecified atom stereocenters. The largest absolute Gasteiger partial charge is 0.480 e. The molecule has 2 aliphatic rings. The number of rotatable bonds is 13. The molecule has 0 aromatic carbocycles. The van der Waals surface area contributed by atoms with Crippen LogP contribution in [0.1, 0.15) is 19.0 Å². The summed E-state index contributed by atoms with van der Waals surface area (Å²) in [6.07, 6.45) is 0.101. The van der Waals surface area contributed by atoms with E-state index in [-0.39, 0.29) is 45.4 Å². The van der Waals surface area contributed by atoms with Crippen LogP contribution in [0.25, 0.3) is 0 Å². The first-order valence-electron chi connectivity index (χ1n) is 11.6. The van der Waals surface area contributed by atoms with Crippen LogP contribution in [0.2, 0.25) is 0 Å². The summed E-state index contributed by atoms with van der Waals surface area (Å²) in [5, 5.41) is 37.5. The van der Waals surface area contributed by atoms with Crippen LogP contribution in [0.4, 0.5) is 5.13 Å². The Kier molecular flexibility index (Phi) is 9.22. The van der Waals surface area contributed by atoms with Crippen LogP contribution in [0, 0.1) is 0 Å². The monoisotopic (exact) mass is 612 g/mol. The Hall–Kier alpha value is -3.75. The molecule has 2 amide bonds. The van der Waals surface area contributed by atoms with E-state index in [2.05, 4.69) is 31.0 Å². The average molecular weight is 613 g/mol. The van der Waals surface area contributed by atoms with E-state index in [1.807, 2.05) is 6.92 Å². The van der Waals surface area contributed by atoms with E-state index >= 15 is 0 Å². The van der Waals surface area contributed by atoms with Gasteiger partial charge in [0.1, 0.15) is 35.5 Å². The van der Waals surface area contributed by atoms with Gasteiger partial charge in [0.05, 0.1) is 0 Å². The quantitative estimate of drug-likeness (QED) is 0.0769. The highest BCUT2D eigenvalue weighted by Crippen LogP contribution is 2.41. The molecule has 0 spiro atoms. The normalized spacial score (nSPS) is 19.6. The number of carboxylic acid groups (broad SMARTS) is 2. The van der Waals surface area contributed by atoms with Gasteiger partial charge >= 0.3 is 11.9 Å². The van der Waals surface area contributed by atoms with E-state index < -0.39 is 47.8 Å². The lowest BCUT2D eigenvalue weighted by Gasteiger charge is -2.49. The number of oxime groups is 1. The van der Waals surface area contributed by atoms with Crippen LogP contribution in [-0.4, -0.2) is 105 Å². The number of tetrazole rings is 1. The summed E-state index contributed by atoms with van der Waals surface area (Å²) in [4.78, 5) is 60.0. The summed E-state index contributed by atoms with van der Waals surface area (Å²) in [7, 11) is 0. The number of carbonyl (C=O) groups is 4. The number of nitrogen functional groups attached to an aromatic ring is 1. The maximum atomic E-state index is 13.2. The molecule has 1 saturated heterocycles. The van der Waals surface area contributed by atoms with E-state index in [1.165, 1.54) is 17.1 Å². The van der Waals surface area contributed by atoms with Gasteiger partial charge in [0.2, 0.25) is 5.16 Å². The van der Waals surface area contributed by atoms with Crippen molar-refractivity contribution in [1.82, 2.24) is 35.4 Å². The first-order valence-corrected chi connectivity index (χ1v) is 14.5. The number of aliphatic carboxylic acids is 2. The van der Waals surface area contributed by atoms with Crippen molar-refractivity contribution in [2.45, 2.75) is 42.6 Å². The Labute approximate surface area is 238 Å². The second-order valence-corrected chi connectivity index (χ2v) is 11.2. The maximum Gasteiger partial charge on any atom is 0.352 e. The van der Waals surface area contributed by atoms with Crippen LogP contribution in [0.5, 0.6) is 0 Å². The fraction of sp³-hybridized carbons (Fsp3) is 0.450. The second kappa shape index (κ2) is 12.6. The Balaban J connectivity index is 1.49. The van der Waals surface area contributed by atoms with Crippen LogP contribution < -0.4 is 16.8 Å². The molecule has 214 valence electrons. The molecule has 0 aliphatic carbocycles. The molecule has 0 radical (unpaired) electrons. The Bertz CT molecular complexity index is 1370. The van der Waals surface area contributed by atoms with Crippen molar-refractivity contribution in [2.75, 3.05) is 23.8 Å². The van der Waals surface area contributed by atoms with E-state index in [1.54, 1.807) is 0 Å². The number of nitrogens with two attached hydrogens (primary N) is 2. The van der Waals surface area contributed by atoms with E-state index in [0.29, 0.717) is 12.0 Å². The van der Waals surface area contributed by atoms with Gasteiger partial charge in [-0.3, -0.25) is 19.3 Å². The van der Waals surface area contributed by atoms with Crippen molar-refractivity contribution >= 4 is 69.5 Å². The molecule has 2 aliphatic heterocycles. The van der Waals surface area contributed by atoms with Crippen LogP contribution in [0.3, 0.4) is 0 Å². The number of amides is 2. The maximum absolute atomic E-state index is 13.2. The highest BCUT2D eigenvalue weighted by molar-refractivity contribution is 8.01. The van der Waals surface area contributed by atoms with Crippen molar-refractivity contribution in [3.8, 4) is 0 Å². The number of hydrogen-bond donors (Lipinski definition) is 5. The molecule has 2 aromatic rings. The zero-order valence-electron chi connectivity index (χ0n) is 20.8. The summed E-state index contributed by atoms with van der Waals surface area (Å²) in [5.74, 6) is -3.49. The molecule has 0 bridgehead atoms. The number of fused-ring (bicyclic) bond motifs is 1. The smallest absolute Gasteiger partial charge is 0.352 e. The number of carbonyl (C=O) groups excluding carboxylic acids is 2. The molecule has 4 heterocycles. The molecule has 0 saturated carbocycles. The van der Waals surface area contributed by atoms with Crippen LogP contribution in [0.15, 0.2) is 27.0 Å². The number of anilines is 1. The first kappa shape index (κ1) is 29.2. The fourth-order valence-corrected chi connectivity index (χ4v) is 6.60. The van der Waals surface area contributed by atoms with E-state index in [9.17, 15) is 24.3 Å². The minimum atomic E-state index is -1.31. The topological polar surface area (TPSA) is 254 Å². The van der Waals surface area contributed by atoms with Crippen LogP contribution >= 0.6 is 34.9 Å². The number of thiazole rings is 1. The van der Waals surface area contributed by atoms with Crippen molar-refractivity contribution in [3.63, 3.8) is 0 Å². The number of carboxylic acids is 2. The molecule has 7 N–H and O–H groups in total. The molecular formula is C20H24N10O7S3. The summed E-state index contributed by atoms with van der Waals surface area (Å²) in [6, 6.07) is -1.03. The van der Waals surface area contributed by atoms with Crippen molar-refractivity contribution < 1.29 is 34.2 Å². The van der Waals surface area contributed by atoms with Gasteiger partial charge in [-0.25, -0.2) is 14.5 Å². The average Bonchev–Trinajstić information content (AvgIpc) is 3.55. The van der Waals surface area contributed by atoms with Gasteiger partial charge in [0.15, 0.2) is 10.8 Å². The zero-order valence-corrected chi connectivity index (χ0v) is 23.2. The molecule has 1 fully saturated rings. The summed E-state index contributed by atoms with van der Waals surface area (Å²) < 4.78 is 1.07. The van der Waals surface area contributed by atoms with Crippen molar-refractivity contribution in [3.05, 3.63) is 22.3 Å². The van der Waals surface area contributed by atoms with Gasteiger partial charge in [-0.2, -0.15) is 0 Å². The molecule has 20 heteroatoms. The van der Waals surface area contributed by atoms with Gasteiger partial charge in [-0.05, 0) is 22.4 Å². The summed E-state index contributed by atoms with van der Waals surface area (Å²) in [5.41, 5.74) is 11.5. The highest BCUT2D eigenvalue weighted by atomic mass is 32.2. The molecule has 3 atom stereocenters. The highest BCUT2D eigenvalue weighted by Gasteiger charge is 2.54. The lowest BCUT2D eigenvalue weighted by molar-refractivity contribution is -0.150. The van der Waals surface area contributed by atoms with Gasteiger partial charge in [-0.1, -0.05) is 23.8 Å². The van der Waals surface area contributed by atoms with E-state index in [0.717, 1.165) is 32.7 Å². The Morgan fingerprint density at radius 2 is 2.15 bits per heavy atom. The molecule has 40 heavy (non-hydrogen) atoms. The lowest BCUT2D eigenvalue weighted by atomic mass is 10.0. The van der Waals surface area contributed by atoms with Gasteiger partial charge in [0.25, 0.3) is 11.8 Å². The van der Waals surface area contributed by atoms with Crippen molar-refractivity contribution in [2.24, 2.45) is 10.9 Å². The van der Waals surface area contributed by atoms with Gasteiger partial charge in [-0.15, -0.1) is 28.2 Å². The third-order valence-electron chi connectivity index (χ3n) is 5.69. The van der Waals surface area contributed by atoms with Gasteiger partial charge in [0, 0.05) is 23.4 Å². The minimum absolute atomic E-state index is 0.0985.